The molecule has 2 rings (SSSR count). The van der Waals surface area contributed by atoms with E-state index in [0.29, 0.717) is 12.0 Å². The summed E-state index contributed by atoms with van der Waals surface area (Å²) in [6.07, 6.45) is 4.42. The van der Waals surface area contributed by atoms with Crippen LogP contribution in [0.5, 0.6) is 0 Å². The Bertz CT molecular complexity index is 514. The predicted octanol–water partition coefficient (Wildman–Crippen LogP) is 4.06. The highest BCUT2D eigenvalue weighted by molar-refractivity contribution is 14.1. The van der Waals surface area contributed by atoms with Gasteiger partial charge in [-0.05, 0) is 64.9 Å². The van der Waals surface area contributed by atoms with Crippen molar-refractivity contribution in [2.75, 3.05) is 7.05 Å². The second kappa shape index (κ2) is 6.57. The Morgan fingerprint density at radius 1 is 1.16 bits per heavy atom. The van der Waals surface area contributed by atoms with Gasteiger partial charge in [0.25, 0.3) is 0 Å². The molecule has 0 saturated carbocycles. The van der Waals surface area contributed by atoms with Gasteiger partial charge in [-0.1, -0.05) is 26.0 Å². The SMILES string of the molecule is CNC(c1ccn(Cc2ccc(I)cc2)c1)C(C)C. The number of nitrogens with zero attached hydrogens (tertiary/aromatic N) is 1. The molecule has 102 valence electrons. The lowest BCUT2D eigenvalue weighted by atomic mass is 9.99. The molecule has 1 aromatic heterocycles. The molecule has 0 spiro atoms. The van der Waals surface area contributed by atoms with E-state index in [2.05, 4.69) is 89.0 Å². The first-order valence-electron chi connectivity index (χ1n) is 6.67. The number of nitrogens with one attached hydrogen (secondary N) is 1. The lowest BCUT2D eigenvalue weighted by Crippen LogP contribution is -2.21. The highest BCUT2D eigenvalue weighted by Crippen LogP contribution is 2.21. The molecule has 1 N–H and O–H groups in total. The summed E-state index contributed by atoms with van der Waals surface area (Å²) in [7, 11) is 2.03. The maximum absolute atomic E-state index is 3.39. The molecule has 0 fully saturated rings. The molecule has 1 unspecified atom stereocenters. The first-order valence-corrected chi connectivity index (χ1v) is 7.75. The molecular weight excluding hydrogens is 347 g/mol. The Balaban J connectivity index is 2.10. The minimum atomic E-state index is 0.429. The van der Waals surface area contributed by atoms with Gasteiger partial charge < -0.3 is 9.88 Å². The van der Waals surface area contributed by atoms with Crippen LogP contribution in [-0.4, -0.2) is 11.6 Å². The molecule has 0 radical (unpaired) electrons. The smallest absolute Gasteiger partial charge is 0.0470 e. The molecule has 1 heterocycles. The molecule has 2 nitrogen and oxygen atoms in total. The third kappa shape index (κ3) is 3.83. The van der Waals surface area contributed by atoms with Crippen molar-refractivity contribution in [2.45, 2.75) is 26.4 Å². The maximum Gasteiger partial charge on any atom is 0.0470 e. The second-order valence-electron chi connectivity index (χ2n) is 5.25. The van der Waals surface area contributed by atoms with Crippen LogP contribution in [0, 0.1) is 9.49 Å². The minimum Gasteiger partial charge on any atom is -0.350 e. The van der Waals surface area contributed by atoms with E-state index < -0.39 is 0 Å². The quantitative estimate of drug-likeness (QED) is 0.788. The zero-order chi connectivity index (χ0) is 13.8. The van der Waals surface area contributed by atoms with E-state index >= 15 is 0 Å². The molecule has 0 aliphatic heterocycles. The van der Waals surface area contributed by atoms with Crippen molar-refractivity contribution < 1.29 is 0 Å². The van der Waals surface area contributed by atoms with Gasteiger partial charge in [-0.2, -0.15) is 0 Å². The normalized spacial score (nSPS) is 12.9. The van der Waals surface area contributed by atoms with Crippen molar-refractivity contribution in [2.24, 2.45) is 5.92 Å². The van der Waals surface area contributed by atoms with Gasteiger partial charge >= 0.3 is 0 Å². The fourth-order valence-corrected chi connectivity index (χ4v) is 2.79. The standard InChI is InChI=1S/C16H21IN2/c1-12(2)16(18-3)14-8-9-19(11-14)10-13-4-6-15(17)7-5-13/h4-9,11-12,16,18H,10H2,1-3H3. The van der Waals surface area contributed by atoms with E-state index in [1.165, 1.54) is 14.7 Å². The van der Waals surface area contributed by atoms with Crippen molar-refractivity contribution in [3.63, 3.8) is 0 Å². The van der Waals surface area contributed by atoms with E-state index in [4.69, 9.17) is 0 Å². The van der Waals surface area contributed by atoms with Gasteiger partial charge in [0, 0.05) is 28.6 Å². The number of hydrogen-bond acceptors (Lipinski definition) is 1. The van der Waals surface area contributed by atoms with Crippen molar-refractivity contribution in [3.05, 3.63) is 57.4 Å². The van der Waals surface area contributed by atoms with Crippen LogP contribution in [0.25, 0.3) is 0 Å². The van der Waals surface area contributed by atoms with Gasteiger partial charge in [-0.3, -0.25) is 0 Å². The highest BCUT2D eigenvalue weighted by Gasteiger charge is 2.14. The van der Waals surface area contributed by atoms with Crippen LogP contribution >= 0.6 is 22.6 Å². The van der Waals surface area contributed by atoms with Crippen LogP contribution in [0.2, 0.25) is 0 Å². The van der Waals surface area contributed by atoms with Gasteiger partial charge in [0.1, 0.15) is 0 Å². The number of benzene rings is 1. The van der Waals surface area contributed by atoms with Crippen LogP contribution in [0.3, 0.4) is 0 Å². The lowest BCUT2D eigenvalue weighted by Gasteiger charge is -2.18. The Hall–Kier alpha value is -0.810. The van der Waals surface area contributed by atoms with Gasteiger partial charge in [0.2, 0.25) is 0 Å². The van der Waals surface area contributed by atoms with Gasteiger partial charge in [0.05, 0.1) is 0 Å². The topological polar surface area (TPSA) is 17.0 Å². The van der Waals surface area contributed by atoms with Crippen molar-refractivity contribution in [1.82, 2.24) is 9.88 Å². The van der Waals surface area contributed by atoms with Crippen LogP contribution in [0.1, 0.15) is 31.0 Å². The summed E-state index contributed by atoms with van der Waals surface area (Å²) in [4.78, 5) is 0. The van der Waals surface area contributed by atoms with Crippen LogP contribution in [-0.2, 0) is 6.54 Å². The van der Waals surface area contributed by atoms with E-state index in [9.17, 15) is 0 Å². The monoisotopic (exact) mass is 368 g/mol. The molecule has 19 heavy (non-hydrogen) atoms. The first-order chi connectivity index (χ1) is 9.10. The molecular formula is C16H21IN2. The molecule has 0 aliphatic carbocycles. The van der Waals surface area contributed by atoms with E-state index in [0.717, 1.165) is 6.54 Å². The molecule has 0 amide bonds. The fraction of sp³-hybridized carbons (Fsp3) is 0.375. The maximum atomic E-state index is 3.39. The molecule has 2 aromatic rings. The summed E-state index contributed by atoms with van der Waals surface area (Å²) in [5, 5.41) is 3.39. The number of aromatic nitrogens is 1. The third-order valence-electron chi connectivity index (χ3n) is 3.39. The zero-order valence-corrected chi connectivity index (χ0v) is 13.9. The predicted molar refractivity (Wildman–Crippen MR) is 89.3 cm³/mol. The zero-order valence-electron chi connectivity index (χ0n) is 11.7. The summed E-state index contributed by atoms with van der Waals surface area (Å²) >= 11 is 2.34. The van der Waals surface area contributed by atoms with Crippen molar-refractivity contribution in [1.29, 1.82) is 0 Å². The Kier molecular flexibility index (Phi) is 5.05. The van der Waals surface area contributed by atoms with Gasteiger partial charge in [-0.25, -0.2) is 0 Å². The number of hydrogen-bond donors (Lipinski definition) is 1. The number of halogens is 1. The highest BCUT2D eigenvalue weighted by atomic mass is 127. The summed E-state index contributed by atoms with van der Waals surface area (Å²) in [6, 6.07) is 11.3. The Morgan fingerprint density at radius 2 is 1.84 bits per heavy atom. The van der Waals surface area contributed by atoms with Crippen LogP contribution < -0.4 is 5.32 Å². The Morgan fingerprint density at radius 3 is 2.42 bits per heavy atom. The van der Waals surface area contributed by atoms with E-state index in [1.807, 2.05) is 7.05 Å². The summed E-state index contributed by atoms with van der Waals surface area (Å²) < 4.78 is 3.54. The summed E-state index contributed by atoms with van der Waals surface area (Å²) in [5.74, 6) is 0.596. The minimum absolute atomic E-state index is 0.429. The molecule has 1 atom stereocenters. The lowest BCUT2D eigenvalue weighted by molar-refractivity contribution is 0.443. The number of rotatable bonds is 5. The summed E-state index contributed by atoms with van der Waals surface area (Å²) in [6.45, 7) is 5.43. The molecule has 0 bridgehead atoms. The van der Waals surface area contributed by atoms with Crippen molar-refractivity contribution in [3.8, 4) is 0 Å². The van der Waals surface area contributed by atoms with E-state index in [1.54, 1.807) is 0 Å². The Labute approximate surface area is 129 Å². The molecule has 1 aromatic carbocycles. The summed E-state index contributed by atoms with van der Waals surface area (Å²) in [5.41, 5.74) is 2.70. The van der Waals surface area contributed by atoms with Crippen LogP contribution in [0.15, 0.2) is 42.7 Å². The third-order valence-corrected chi connectivity index (χ3v) is 4.11. The average Bonchev–Trinajstić information content (AvgIpc) is 2.81. The average molecular weight is 368 g/mol. The van der Waals surface area contributed by atoms with Gasteiger partial charge in [-0.15, -0.1) is 0 Å². The molecule has 0 aliphatic rings. The molecule has 3 heteroatoms. The fourth-order valence-electron chi connectivity index (χ4n) is 2.43. The van der Waals surface area contributed by atoms with Crippen LogP contribution in [0.4, 0.5) is 0 Å². The molecule has 0 saturated heterocycles. The largest absolute Gasteiger partial charge is 0.350 e. The van der Waals surface area contributed by atoms with E-state index in [-0.39, 0.29) is 0 Å². The van der Waals surface area contributed by atoms with Gasteiger partial charge in [0.15, 0.2) is 0 Å². The first kappa shape index (κ1) is 14.6. The second-order valence-corrected chi connectivity index (χ2v) is 6.50. The van der Waals surface area contributed by atoms with Crippen molar-refractivity contribution >= 4 is 22.6 Å².